The van der Waals surface area contributed by atoms with E-state index >= 15 is 0 Å². The maximum atomic E-state index is 5.92. The summed E-state index contributed by atoms with van der Waals surface area (Å²) in [4.78, 5) is 3.98. The molecular formula is C9H7BrClN3. The number of aromatic nitrogens is 3. The van der Waals surface area contributed by atoms with Gasteiger partial charge in [0.2, 0.25) is 0 Å². The highest BCUT2D eigenvalue weighted by molar-refractivity contribution is 9.10. The summed E-state index contributed by atoms with van der Waals surface area (Å²) in [7, 11) is 0. The van der Waals surface area contributed by atoms with Gasteiger partial charge in [0.05, 0.1) is 20.9 Å². The van der Waals surface area contributed by atoms with Gasteiger partial charge in [-0.15, -0.1) is 0 Å². The van der Waals surface area contributed by atoms with E-state index in [2.05, 4.69) is 26.0 Å². The average molecular weight is 273 g/mol. The molecule has 0 aliphatic heterocycles. The fourth-order valence-electron chi connectivity index (χ4n) is 1.12. The van der Waals surface area contributed by atoms with Gasteiger partial charge in [-0.05, 0) is 28.9 Å². The van der Waals surface area contributed by atoms with Gasteiger partial charge in [-0.3, -0.25) is 4.98 Å². The van der Waals surface area contributed by atoms with Crippen LogP contribution in [0.1, 0.15) is 5.69 Å². The van der Waals surface area contributed by atoms with Crippen LogP contribution in [0.2, 0.25) is 5.02 Å². The summed E-state index contributed by atoms with van der Waals surface area (Å²) in [6.07, 6.45) is 5.21. The second-order valence-electron chi connectivity index (χ2n) is 2.83. The summed E-state index contributed by atoms with van der Waals surface area (Å²) in [5.74, 6) is 0. The number of pyridine rings is 1. The first kappa shape index (κ1) is 9.68. The molecule has 2 heterocycles. The van der Waals surface area contributed by atoms with Crippen molar-refractivity contribution in [2.45, 2.75) is 6.92 Å². The minimum Gasteiger partial charge on any atom is -0.263 e. The van der Waals surface area contributed by atoms with E-state index < -0.39 is 0 Å². The number of nitrogens with zero attached hydrogens (tertiary/aromatic N) is 3. The summed E-state index contributed by atoms with van der Waals surface area (Å²) in [5, 5.41) is 4.93. The van der Waals surface area contributed by atoms with Crippen LogP contribution in [-0.2, 0) is 0 Å². The summed E-state index contributed by atoms with van der Waals surface area (Å²) in [6, 6.07) is 1.87. The van der Waals surface area contributed by atoms with Gasteiger partial charge >= 0.3 is 0 Å². The summed E-state index contributed by atoms with van der Waals surface area (Å²) >= 11 is 9.32. The van der Waals surface area contributed by atoms with Crippen molar-refractivity contribution < 1.29 is 0 Å². The van der Waals surface area contributed by atoms with E-state index in [1.54, 1.807) is 23.3 Å². The van der Waals surface area contributed by atoms with Gasteiger partial charge in [0.1, 0.15) is 0 Å². The molecule has 0 aliphatic carbocycles. The van der Waals surface area contributed by atoms with E-state index in [1.807, 2.05) is 13.0 Å². The quantitative estimate of drug-likeness (QED) is 0.799. The zero-order chi connectivity index (χ0) is 10.1. The summed E-state index contributed by atoms with van der Waals surface area (Å²) in [6.45, 7) is 1.87. The van der Waals surface area contributed by atoms with Crippen molar-refractivity contribution in [1.29, 1.82) is 0 Å². The van der Waals surface area contributed by atoms with Crippen LogP contribution < -0.4 is 0 Å². The summed E-state index contributed by atoms with van der Waals surface area (Å²) < 4.78 is 2.61. The molecule has 0 saturated carbocycles. The zero-order valence-corrected chi connectivity index (χ0v) is 9.75. The molecule has 2 aromatic heterocycles. The van der Waals surface area contributed by atoms with Crippen molar-refractivity contribution >= 4 is 27.5 Å². The van der Waals surface area contributed by atoms with Crippen molar-refractivity contribution in [1.82, 2.24) is 14.8 Å². The van der Waals surface area contributed by atoms with E-state index in [0.29, 0.717) is 5.02 Å². The largest absolute Gasteiger partial charge is 0.263 e. The molecule has 0 unspecified atom stereocenters. The third kappa shape index (κ3) is 1.67. The Morgan fingerprint density at radius 2 is 2.29 bits per heavy atom. The summed E-state index contributed by atoms with van der Waals surface area (Å²) in [5.41, 5.74) is 1.74. The van der Waals surface area contributed by atoms with Gasteiger partial charge in [-0.25, -0.2) is 4.68 Å². The Morgan fingerprint density at radius 1 is 1.50 bits per heavy atom. The van der Waals surface area contributed by atoms with Gasteiger partial charge < -0.3 is 0 Å². The Kier molecular flexibility index (Phi) is 2.56. The predicted molar refractivity (Wildman–Crippen MR) is 58.8 cm³/mol. The van der Waals surface area contributed by atoms with Crippen LogP contribution in [0.4, 0.5) is 0 Å². The Morgan fingerprint density at radius 3 is 2.86 bits per heavy atom. The second kappa shape index (κ2) is 3.71. The molecule has 2 rings (SSSR count). The van der Waals surface area contributed by atoms with Crippen LogP contribution in [0, 0.1) is 6.92 Å². The molecule has 0 N–H and O–H groups in total. The van der Waals surface area contributed by atoms with Crippen molar-refractivity contribution in [3.05, 3.63) is 39.8 Å². The van der Waals surface area contributed by atoms with Gasteiger partial charge in [-0.1, -0.05) is 11.6 Å². The van der Waals surface area contributed by atoms with E-state index in [9.17, 15) is 0 Å². The molecule has 0 bridgehead atoms. The first-order valence-corrected chi connectivity index (χ1v) is 5.17. The molecule has 0 amide bonds. The van der Waals surface area contributed by atoms with Crippen molar-refractivity contribution in [2.24, 2.45) is 0 Å². The lowest BCUT2D eigenvalue weighted by Crippen LogP contribution is -1.96. The third-order valence-electron chi connectivity index (χ3n) is 1.84. The van der Waals surface area contributed by atoms with Crippen LogP contribution in [0.3, 0.4) is 0 Å². The maximum absolute atomic E-state index is 5.92. The molecule has 0 spiro atoms. The highest BCUT2D eigenvalue weighted by Crippen LogP contribution is 2.21. The average Bonchev–Trinajstić information content (AvgIpc) is 2.48. The highest BCUT2D eigenvalue weighted by atomic mass is 79.9. The van der Waals surface area contributed by atoms with Crippen LogP contribution in [0.15, 0.2) is 29.1 Å². The molecule has 3 nitrogen and oxygen atoms in total. The lowest BCUT2D eigenvalue weighted by atomic mass is 10.4. The highest BCUT2D eigenvalue weighted by Gasteiger charge is 2.06. The normalized spacial score (nSPS) is 10.5. The molecule has 5 heteroatoms. The van der Waals surface area contributed by atoms with E-state index in [-0.39, 0.29) is 0 Å². The molecule has 2 aromatic rings. The number of hydrogen-bond acceptors (Lipinski definition) is 2. The van der Waals surface area contributed by atoms with Crippen molar-refractivity contribution in [2.75, 3.05) is 0 Å². The lowest BCUT2D eigenvalue weighted by Gasteiger charge is -2.02. The van der Waals surface area contributed by atoms with E-state index in [4.69, 9.17) is 11.6 Å². The monoisotopic (exact) mass is 271 g/mol. The molecular weight excluding hydrogens is 265 g/mol. The van der Waals surface area contributed by atoms with Gasteiger partial charge in [0.25, 0.3) is 0 Å². The molecule has 72 valence electrons. The number of aryl methyl sites for hydroxylation is 1. The molecule has 0 aromatic carbocycles. The number of hydrogen-bond donors (Lipinski definition) is 0. The van der Waals surface area contributed by atoms with Gasteiger partial charge in [-0.2, -0.15) is 5.10 Å². The number of rotatable bonds is 1. The van der Waals surface area contributed by atoms with E-state index in [1.165, 1.54) is 0 Å². The second-order valence-corrected chi connectivity index (χ2v) is 4.10. The molecule has 0 fully saturated rings. The standard InChI is InChI=1S/C9H7BrClN3/c1-6-8(11)5-14(13-6)9-2-3-12-4-7(9)10/h2-5H,1H3. The smallest absolute Gasteiger partial charge is 0.0819 e. The Bertz CT molecular complexity index is 447. The molecule has 0 atom stereocenters. The zero-order valence-electron chi connectivity index (χ0n) is 7.41. The third-order valence-corrected chi connectivity index (χ3v) is 2.82. The Hall–Kier alpha value is -0.870. The number of halogens is 2. The fraction of sp³-hybridized carbons (Fsp3) is 0.111. The minimum absolute atomic E-state index is 0.661. The lowest BCUT2D eigenvalue weighted by molar-refractivity contribution is 0.856. The molecule has 0 aliphatic rings. The molecule has 0 saturated heterocycles. The minimum atomic E-state index is 0.661. The van der Waals surface area contributed by atoms with E-state index in [0.717, 1.165) is 15.9 Å². The van der Waals surface area contributed by atoms with Crippen molar-refractivity contribution in [3.8, 4) is 5.69 Å². The Balaban J connectivity index is 2.55. The Labute approximate surface area is 94.9 Å². The van der Waals surface area contributed by atoms with Crippen LogP contribution in [0.25, 0.3) is 5.69 Å². The molecule has 0 radical (unpaired) electrons. The van der Waals surface area contributed by atoms with Crippen molar-refractivity contribution in [3.63, 3.8) is 0 Å². The maximum Gasteiger partial charge on any atom is 0.0819 e. The van der Waals surface area contributed by atoms with Crippen LogP contribution in [-0.4, -0.2) is 14.8 Å². The molecule has 14 heavy (non-hydrogen) atoms. The first-order chi connectivity index (χ1) is 6.68. The SMILES string of the molecule is Cc1nn(-c2ccncc2Br)cc1Cl. The van der Waals surface area contributed by atoms with Gasteiger partial charge in [0, 0.05) is 18.6 Å². The van der Waals surface area contributed by atoms with Crippen LogP contribution in [0.5, 0.6) is 0 Å². The fourth-order valence-corrected chi connectivity index (χ4v) is 1.68. The van der Waals surface area contributed by atoms with Crippen LogP contribution >= 0.6 is 27.5 Å². The first-order valence-electron chi connectivity index (χ1n) is 4.00. The predicted octanol–water partition coefficient (Wildman–Crippen LogP) is 2.99. The van der Waals surface area contributed by atoms with Gasteiger partial charge in [0.15, 0.2) is 0 Å². The topological polar surface area (TPSA) is 30.7 Å².